The summed E-state index contributed by atoms with van der Waals surface area (Å²) in [7, 11) is 0. The van der Waals surface area contributed by atoms with E-state index >= 15 is 0 Å². The zero-order chi connectivity index (χ0) is 19.2. The van der Waals surface area contributed by atoms with Crippen LogP contribution in [0.2, 0.25) is 0 Å². The molecule has 1 aromatic carbocycles. The highest BCUT2D eigenvalue weighted by Gasteiger charge is 2.37. The van der Waals surface area contributed by atoms with Gasteiger partial charge < -0.3 is 20.5 Å². The van der Waals surface area contributed by atoms with Crippen molar-refractivity contribution >= 4 is 17.7 Å². The van der Waals surface area contributed by atoms with E-state index in [4.69, 9.17) is 16.3 Å². The van der Waals surface area contributed by atoms with Crippen molar-refractivity contribution in [3.8, 4) is 18.1 Å². The van der Waals surface area contributed by atoms with Crippen LogP contribution >= 0.6 is 0 Å². The summed E-state index contributed by atoms with van der Waals surface area (Å²) in [6.07, 6.45) is 9.12. The Morgan fingerprint density at radius 2 is 2.04 bits per heavy atom. The molecule has 0 atom stereocenters. The molecule has 0 saturated heterocycles. The van der Waals surface area contributed by atoms with Gasteiger partial charge in [0, 0.05) is 18.6 Å². The normalized spacial score (nSPS) is 21.0. The molecule has 7 nitrogen and oxygen atoms in total. The third-order valence-corrected chi connectivity index (χ3v) is 4.94. The summed E-state index contributed by atoms with van der Waals surface area (Å²) in [5.74, 6) is 2.76. The SMILES string of the molecule is C#CCOc1ccccc1NC(=O)NC1CC(N(CC(=O)O)CC2CC2)C1. The summed E-state index contributed by atoms with van der Waals surface area (Å²) in [6.45, 7) is 1.04. The number of nitrogens with one attached hydrogen (secondary N) is 2. The van der Waals surface area contributed by atoms with Gasteiger partial charge in [-0.2, -0.15) is 0 Å². The van der Waals surface area contributed by atoms with E-state index in [0.29, 0.717) is 17.4 Å². The van der Waals surface area contributed by atoms with E-state index in [1.807, 2.05) is 11.0 Å². The number of hydrogen-bond donors (Lipinski definition) is 3. The highest BCUT2D eigenvalue weighted by Crippen LogP contribution is 2.34. The van der Waals surface area contributed by atoms with Crippen LogP contribution in [0.4, 0.5) is 10.5 Å². The van der Waals surface area contributed by atoms with Gasteiger partial charge in [0.15, 0.2) is 0 Å². The van der Waals surface area contributed by atoms with E-state index in [2.05, 4.69) is 16.6 Å². The van der Waals surface area contributed by atoms with Crippen LogP contribution in [0.15, 0.2) is 24.3 Å². The maximum Gasteiger partial charge on any atom is 0.319 e. The molecule has 0 unspecified atom stereocenters. The van der Waals surface area contributed by atoms with Crippen LogP contribution in [0, 0.1) is 18.3 Å². The van der Waals surface area contributed by atoms with Crippen molar-refractivity contribution in [2.75, 3.05) is 25.0 Å². The van der Waals surface area contributed by atoms with Gasteiger partial charge in [-0.15, -0.1) is 6.42 Å². The van der Waals surface area contributed by atoms with E-state index in [-0.39, 0.29) is 31.3 Å². The summed E-state index contributed by atoms with van der Waals surface area (Å²) in [5.41, 5.74) is 0.558. The first-order valence-corrected chi connectivity index (χ1v) is 9.23. The number of carbonyl (C=O) groups is 2. The fourth-order valence-electron chi connectivity index (χ4n) is 3.31. The quantitative estimate of drug-likeness (QED) is 0.579. The first kappa shape index (κ1) is 19.1. The molecule has 144 valence electrons. The Balaban J connectivity index is 1.46. The molecule has 0 radical (unpaired) electrons. The number of aliphatic carboxylic acids is 1. The minimum absolute atomic E-state index is 0.0456. The second-order valence-corrected chi connectivity index (χ2v) is 7.18. The van der Waals surface area contributed by atoms with E-state index in [9.17, 15) is 9.59 Å². The molecular weight excluding hydrogens is 346 g/mol. The first-order valence-electron chi connectivity index (χ1n) is 9.23. The minimum atomic E-state index is -0.798. The lowest BCUT2D eigenvalue weighted by atomic mass is 9.85. The zero-order valence-electron chi connectivity index (χ0n) is 15.2. The summed E-state index contributed by atoms with van der Waals surface area (Å²) in [4.78, 5) is 25.4. The predicted molar refractivity (Wildman–Crippen MR) is 102 cm³/mol. The molecule has 0 bridgehead atoms. The number of ether oxygens (including phenoxy) is 1. The minimum Gasteiger partial charge on any atom is -0.480 e. The Morgan fingerprint density at radius 3 is 2.70 bits per heavy atom. The van der Waals surface area contributed by atoms with E-state index < -0.39 is 5.97 Å². The van der Waals surface area contributed by atoms with Crippen LogP contribution in [0.3, 0.4) is 0 Å². The van der Waals surface area contributed by atoms with E-state index in [0.717, 1.165) is 19.4 Å². The zero-order valence-corrected chi connectivity index (χ0v) is 15.2. The first-order chi connectivity index (χ1) is 13.0. The number of benzene rings is 1. The number of hydrogen-bond acceptors (Lipinski definition) is 4. The van der Waals surface area contributed by atoms with Gasteiger partial charge in [0.25, 0.3) is 0 Å². The number of anilines is 1. The van der Waals surface area contributed by atoms with Gasteiger partial charge in [-0.05, 0) is 43.7 Å². The average molecular weight is 371 g/mol. The van der Waals surface area contributed by atoms with Gasteiger partial charge in [0.1, 0.15) is 12.4 Å². The van der Waals surface area contributed by atoms with Crippen molar-refractivity contribution in [3.63, 3.8) is 0 Å². The molecule has 0 aromatic heterocycles. The number of amides is 2. The third-order valence-electron chi connectivity index (χ3n) is 4.94. The van der Waals surface area contributed by atoms with Crippen LogP contribution in [-0.2, 0) is 4.79 Å². The van der Waals surface area contributed by atoms with E-state index in [1.165, 1.54) is 12.8 Å². The lowest BCUT2D eigenvalue weighted by Gasteiger charge is -2.42. The molecule has 2 amide bonds. The highest BCUT2D eigenvalue weighted by molar-refractivity contribution is 5.91. The molecule has 2 saturated carbocycles. The number of carbonyl (C=O) groups excluding carboxylic acids is 1. The molecule has 0 heterocycles. The lowest BCUT2D eigenvalue weighted by Crippen LogP contribution is -2.55. The molecule has 0 spiro atoms. The smallest absolute Gasteiger partial charge is 0.319 e. The third kappa shape index (κ3) is 5.63. The lowest BCUT2D eigenvalue weighted by molar-refractivity contribution is -0.139. The number of terminal acetylenes is 1. The second-order valence-electron chi connectivity index (χ2n) is 7.18. The maximum absolute atomic E-state index is 12.3. The van der Waals surface area contributed by atoms with Crippen molar-refractivity contribution in [1.82, 2.24) is 10.2 Å². The predicted octanol–water partition coefficient (Wildman–Crippen LogP) is 2.15. The Kier molecular flexibility index (Phi) is 6.20. The summed E-state index contributed by atoms with van der Waals surface area (Å²) >= 11 is 0. The topological polar surface area (TPSA) is 90.9 Å². The van der Waals surface area contributed by atoms with Crippen LogP contribution in [0.1, 0.15) is 25.7 Å². The van der Waals surface area contributed by atoms with Crippen LogP contribution in [-0.4, -0.2) is 53.8 Å². The number of para-hydroxylation sites is 2. The van der Waals surface area contributed by atoms with E-state index in [1.54, 1.807) is 18.2 Å². The van der Waals surface area contributed by atoms with Crippen LogP contribution in [0.5, 0.6) is 5.75 Å². The molecule has 1 aromatic rings. The Hall–Kier alpha value is -2.72. The van der Waals surface area contributed by atoms with Crippen molar-refractivity contribution in [1.29, 1.82) is 0 Å². The van der Waals surface area contributed by atoms with Crippen molar-refractivity contribution in [2.45, 2.75) is 37.8 Å². The van der Waals surface area contributed by atoms with Gasteiger partial charge in [0.05, 0.1) is 12.2 Å². The summed E-state index contributed by atoms with van der Waals surface area (Å²) < 4.78 is 5.42. The molecule has 2 aliphatic carbocycles. The van der Waals surface area contributed by atoms with Gasteiger partial charge in [-0.3, -0.25) is 9.69 Å². The number of urea groups is 1. The van der Waals surface area contributed by atoms with Gasteiger partial charge >= 0.3 is 12.0 Å². The van der Waals surface area contributed by atoms with Crippen molar-refractivity contribution < 1.29 is 19.4 Å². The van der Waals surface area contributed by atoms with Crippen LogP contribution < -0.4 is 15.4 Å². The Labute approximate surface area is 159 Å². The standard InChI is InChI=1S/C20H25N3O4/c1-2-9-27-18-6-4-3-5-17(18)22-20(26)21-15-10-16(11-15)23(13-19(24)25)12-14-7-8-14/h1,3-6,14-16H,7-13H2,(H,24,25)(H2,21,22,26). The van der Waals surface area contributed by atoms with Gasteiger partial charge in [-0.1, -0.05) is 18.1 Å². The molecule has 2 aliphatic rings. The molecule has 2 fully saturated rings. The molecule has 3 rings (SSSR count). The van der Waals surface area contributed by atoms with Crippen LogP contribution in [0.25, 0.3) is 0 Å². The monoisotopic (exact) mass is 371 g/mol. The number of carboxylic acids is 1. The molecular formula is C20H25N3O4. The van der Waals surface area contributed by atoms with Gasteiger partial charge in [0.2, 0.25) is 0 Å². The number of rotatable bonds is 9. The second kappa shape index (κ2) is 8.78. The van der Waals surface area contributed by atoms with Crippen molar-refractivity contribution in [2.24, 2.45) is 5.92 Å². The average Bonchev–Trinajstić information content (AvgIpc) is 3.40. The molecule has 0 aliphatic heterocycles. The summed E-state index contributed by atoms with van der Waals surface area (Å²) in [5, 5.41) is 14.8. The fraction of sp³-hybridized carbons (Fsp3) is 0.500. The highest BCUT2D eigenvalue weighted by atomic mass is 16.5. The number of nitrogens with zero attached hydrogens (tertiary/aromatic N) is 1. The molecule has 7 heteroatoms. The number of carboxylic acid groups (broad SMARTS) is 1. The van der Waals surface area contributed by atoms with Gasteiger partial charge in [-0.25, -0.2) is 4.79 Å². The largest absolute Gasteiger partial charge is 0.480 e. The molecule has 27 heavy (non-hydrogen) atoms. The molecule has 3 N–H and O–H groups in total. The summed E-state index contributed by atoms with van der Waals surface area (Å²) in [6, 6.07) is 7.07. The van der Waals surface area contributed by atoms with Crippen molar-refractivity contribution in [3.05, 3.63) is 24.3 Å². The Bertz CT molecular complexity index is 720. The fourth-order valence-corrected chi connectivity index (χ4v) is 3.31. The Morgan fingerprint density at radius 1 is 1.30 bits per heavy atom. The maximum atomic E-state index is 12.3.